The molecule has 0 aliphatic heterocycles. The van der Waals surface area contributed by atoms with E-state index >= 15 is 0 Å². The summed E-state index contributed by atoms with van der Waals surface area (Å²) < 4.78 is 68.2. The number of nitrogens with one attached hydrogen (secondary N) is 2. The van der Waals surface area contributed by atoms with Crippen LogP contribution in [0.2, 0.25) is 0 Å². The van der Waals surface area contributed by atoms with Gasteiger partial charge in [-0.15, -0.1) is 10.2 Å². The second-order valence-corrected chi connectivity index (χ2v) is 9.97. The van der Waals surface area contributed by atoms with Gasteiger partial charge in [-0.1, -0.05) is 0 Å². The maximum absolute atomic E-state index is 14.4. The molecule has 5 rings (SSSR count). The number of pyridine rings is 1. The molecule has 0 aliphatic rings. The van der Waals surface area contributed by atoms with Gasteiger partial charge >= 0.3 is 0 Å². The van der Waals surface area contributed by atoms with Crippen molar-refractivity contribution in [3.05, 3.63) is 78.5 Å². The second kappa shape index (κ2) is 9.50. The normalized spacial score (nSPS) is 11.6. The highest BCUT2D eigenvalue weighted by Crippen LogP contribution is 2.39. The van der Waals surface area contributed by atoms with E-state index in [9.17, 15) is 17.2 Å². The van der Waals surface area contributed by atoms with Crippen molar-refractivity contribution in [2.45, 2.75) is 13.8 Å². The molecule has 0 atom stereocenters. The molecule has 0 fully saturated rings. The quantitative estimate of drug-likeness (QED) is 0.290. The molecule has 3 heterocycles. The van der Waals surface area contributed by atoms with E-state index < -0.39 is 21.7 Å². The molecule has 0 aliphatic carbocycles. The molecule has 10 nitrogen and oxygen atoms in total. The topological polar surface area (TPSA) is 124 Å². The minimum Gasteiger partial charge on any atom is -0.454 e. The second-order valence-electron chi connectivity index (χ2n) is 7.96. The van der Waals surface area contributed by atoms with Crippen molar-refractivity contribution in [1.82, 2.24) is 24.8 Å². The maximum Gasteiger partial charge on any atom is 0.232 e. The Bertz CT molecular complexity index is 1700. The number of ether oxygens (including phenoxy) is 2. The summed E-state index contributed by atoms with van der Waals surface area (Å²) in [5, 5.41) is 14.8. The molecule has 3 aromatic heterocycles. The molecule has 0 spiro atoms. The standard InChI is InChI=1S/C24H20F2N6O4S/c1-3-37(33,34)31-17-5-7-21(36-22-6-4-16(25)9-20(22)26)19(10-17)15-8-23(35-18-11-27-28-12-18)24-30-29-14(2)32(24)13-15/h4-13,31H,3H2,1-2H3,(H,27,28). The van der Waals surface area contributed by atoms with Crippen molar-refractivity contribution in [3.63, 3.8) is 0 Å². The van der Waals surface area contributed by atoms with Crippen LogP contribution in [0.4, 0.5) is 14.5 Å². The predicted molar refractivity (Wildman–Crippen MR) is 131 cm³/mol. The van der Waals surface area contributed by atoms with Gasteiger partial charge in [0.25, 0.3) is 0 Å². The van der Waals surface area contributed by atoms with E-state index in [1.54, 1.807) is 35.9 Å². The summed E-state index contributed by atoms with van der Waals surface area (Å²) >= 11 is 0. The number of hydrogen-bond acceptors (Lipinski definition) is 7. The molecule has 0 saturated carbocycles. The van der Waals surface area contributed by atoms with E-state index in [2.05, 4.69) is 25.1 Å². The van der Waals surface area contributed by atoms with Crippen molar-refractivity contribution in [2.24, 2.45) is 0 Å². The van der Waals surface area contributed by atoms with Crippen LogP contribution in [0.25, 0.3) is 16.8 Å². The van der Waals surface area contributed by atoms with Gasteiger partial charge in [-0.25, -0.2) is 17.2 Å². The fourth-order valence-corrected chi connectivity index (χ4v) is 4.18. The summed E-state index contributed by atoms with van der Waals surface area (Å²) in [6, 6.07) is 9.14. The third kappa shape index (κ3) is 5.07. The van der Waals surface area contributed by atoms with Crippen LogP contribution in [0.15, 0.2) is 61.1 Å². The number of nitrogens with zero attached hydrogens (tertiary/aromatic N) is 4. The minimum absolute atomic E-state index is 0.129. The zero-order chi connectivity index (χ0) is 26.2. The number of hydrogen-bond donors (Lipinski definition) is 2. The highest BCUT2D eigenvalue weighted by molar-refractivity contribution is 7.92. The van der Waals surface area contributed by atoms with Gasteiger partial charge in [0.1, 0.15) is 17.4 Å². The Labute approximate surface area is 209 Å². The molecule has 37 heavy (non-hydrogen) atoms. The van der Waals surface area contributed by atoms with Gasteiger partial charge in [0.2, 0.25) is 15.7 Å². The van der Waals surface area contributed by atoms with Crippen LogP contribution in [0.5, 0.6) is 23.0 Å². The Morgan fingerprint density at radius 2 is 1.84 bits per heavy atom. The molecule has 0 saturated heterocycles. The number of fused-ring (bicyclic) bond motifs is 1. The number of aryl methyl sites for hydroxylation is 1. The summed E-state index contributed by atoms with van der Waals surface area (Å²) in [6.45, 7) is 3.27. The van der Waals surface area contributed by atoms with Crippen molar-refractivity contribution in [2.75, 3.05) is 10.5 Å². The van der Waals surface area contributed by atoms with Crippen LogP contribution >= 0.6 is 0 Å². The van der Waals surface area contributed by atoms with Crippen LogP contribution in [-0.4, -0.2) is 39.0 Å². The van der Waals surface area contributed by atoms with Crippen LogP contribution in [0, 0.1) is 18.6 Å². The molecule has 5 aromatic rings. The summed E-state index contributed by atoms with van der Waals surface area (Å²) in [5.74, 6) is -0.476. The lowest BCUT2D eigenvalue weighted by Gasteiger charge is -2.16. The fourth-order valence-electron chi connectivity index (χ4n) is 3.55. The van der Waals surface area contributed by atoms with Crippen LogP contribution in [0.3, 0.4) is 0 Å². The lowest BCUT2D eigenvalue weighted by Crippen LogP contribution is -2.14. The lowest BCUT2D eigenvalue weighted by molar-refractivity contribution is 0.439. The Balaban J connectivity index is 1.67. The van der Waals surface area contributed by atoms with Crippen LogP contribution in [-0.2, 0) is 10.0 Å². The van der Waals surface area contributed by atoms with Gasteiger partial charge in [0, 0.05) is 29.1 Å². The van der Waals surface area contributed by atoms with E-state index in [4.69, 9.17) is 9.47 Å². The molecule has 0 unspecified atom stereocenters. The Hall–Kier alpha value is -4.52. The first-order valence-corrected chi connectivity index (χ1v) is 12.7. The molecule has 190 valence electrons. The number of halogens is 2. The first-order chi connectivity index (χ1) is 17.7. The van der Waals surface area contributed by atoms with E-state index in [0.29, 0.717) is 40.2 Å². The summed E-state index contributed by atoms with van der Waals surface area (Å²) in [5.41, 5.74) is 1.61. The van der Waals surface area contributed by atoms with Crippen molar-refractivity contribution in [1.29, 1.82) is 0 Å². The van der Waals surface area contributed by atoms with Crippen molar-refractivity contribution >= 4 is 21.4 Å². The largest absolute Gasteiger partial charge is 0.454 e. The smallest absolute Gasteiger partial charge is 0.232 e. The van der Waals surface area contributed by atoms with Gasteiger partial charge < -0.3 is 9.47 Å². The first-order valence-electron chi connectivity index (χ1n) is 11.0. The first kappa shape index (κ1) is 24.2. The van der Waals surface area contributed by atoms with E-state index in [-0.39, 0.29) is 22.9 Å². The maximum atomic E-state index is 14.4. The van der Waals surface area contributed by atoms with Crippen LogP contribution < -0.4 is 14.2 Å². The monoisotopic (exact) mass is 526 g/mol. The van der Waals surface area contributed by atoms with Crippen LogP contribution in [0.1, 0.15) is 12.7 Å². The number of anilines is 1. The Kier molecular flexibility index (Phi) is 6.21. The summed E-state index contributed by atoms with van der Waals surface area (Å²) in [7, 11) is -3.58. The lowest BCUT2D eigenvalue weighted by atomic mass is 10.1. The number of aromatic amines is 1. The zero-order valence-electron chi connectivity index (χ0n) is 19.6. The number of sulfonamides is 1. The average molecular weight is 527 g/mol. The van der Waals surface area contributed by atoms with Crippen molar-refractivity contribution < 1.29 is 26.7 Å². The highest BCUT2D eigenvalue weighted by atomic mass is 32.2. The zero-order valence-corrected chi connectivity index (χ0v) is 20.4. The molecule has 0 bridgehead atoms. The number of H-pyrrole nitrogens is 1. The Morgan fingerprint density at radius 3 is 2.57 bits per heavy atom. The number of benzene rings is 2. The van der Waals surface area contributed by atoms with Crippen molar-refractivity contribution in [3.8, 4) is 34.1 Å². The molecule has 2 N–H and O–H groups in total. The van der Waals surface area contributed by atoms with E-state index in [0.717, 1.165) is 6.07 Å². The molecular weight excluding hydrogens is 506 g/mol. The summed E-state index contributed by atoms with van der Waals surface area (Å²) in [6.07, 6.45) is 4.75. The Morgan fingerprint density at radius 1 is 1.03 bits per heavy atom. The van der Waals surface area contributed by atoms with Gasteiger partial charge in [-0.3, -0.25) is 14.2 Å². The third-order valence-corrected chi connectivity index (χ3v) is 6.71. The molecular formula is C24H20F2N6O4S. The summed E-state index contributed by atoms with van der Waals surface area (Å²) in [4.78, 5) is 0. The van der Waals surface area contributed by atoms with Gasteiger partial charge in [-0.05, 0) is 50.2 Å². The molecule has 13 heteroatoms. The highest BCUT2D eigenvalue weighted by Gasteiger charge is 2.18. The van der Waals surface area contributed by atoms with E-state index in [1.165, 1.54) is 31.3 Å². The SMILES string of the molecule is CCS(=O)(=O)Nc1ccc(Oc2ccc(F)cc2F)c(-c2cc(Oc3cn[nH]c3)c3nnc(C)n3c2)c1. The fraction of sp³-hybridized carbons (Fsp3) is 0.125. The van der Waals surface area contributed by atoms with Gasteiger partial charge in [0.05, 0.1) is 18.1 Å². The third-order valence-electron chi connectivity index (χ3n) is 5.40. The van der Waals surface area contributed by atoms with E-state index in [1.807, 2.05) is 0 Å². The predicted octanol–water partition coefficient (Wildman–Crippen LogP) is 5.05. The molecule has 0 radical (unpaired) electrons. The molecule has 2 aromatic carbocycles. The minimum atomic E-state index is -3.58. The van der Waals surface area contributed by atoms with Gasteiger partial charge in [-0.2, -0.15) is 5.10 Å². The molecule has 0 amide bonds. The average Bonchev–Trinajstić information content (AvgIpc) is 3.51. The number of aromatic nitrogens is 5. The van der Waals surface area contributed by atoms with Gasteiger partial charge in [0.15, 0.2) is 23.1 Å². The number of rotatable bonds is 8.